The standard InChI is InChI=1S/C37H74O3/c1-6-10-13-16-19-21-23-25-28-31-34-39-37(38-5,36(9-4)33-30-27-18-15-12-8-3)40-35-32-29-26-24-22-20-17-14-11-7-2/h9,36H,4,6-8,10-35H2,1-3,5H3. The number of ether oxygens (including phenoxy) is 3. The zero-order valence-corrected chi connectivity index (χ0v) is 28.1. The maximum atomic E-state index is 6.48. The van der Waals surface area contributed by atoms with Crippen LogP contribution in [0.25, 0.3) is 0 Å². The summed E-state index contributed by atoms with van der Waals surface area (Å²) in [5.74, 6) is -0.918. The Bertz CT molecular complexity index is 466. The largest absolute Gasteiger partial charge is 0.330 e. The van der Waals surface area contributed by atoms with Gasteiger partial charge in [0.25, 0.3) is 5.97 Å². The van der Waals surface area contributed by atoms with E-state index in [-0.39, 0.29) is 5.92 Å². The first-order chi connectivity index (χ1) is 19.7. The van der Waals surface area contributed by atoms with Gasteiger partial charge in [-0.1, -0.05) is 181 Å². The second-order valence-corrected chi connectivity index (χ2v) is 12.3. The zero-order chi connectivity index (χ0) is 29.4. The van der Waals surface area contributed by atoms with E-state index in [0.29, 0.717) is 13.2 Å². The Balaban J connectivity index is 4.50. The molecule has 0 radical (unpaired) electrons. The van der Waals surface area contributed by atoms with Crippen LogP contribution in [-0.2, 0) is 14.2 Å². The molecule has 3 nitrogen and oxygen atoms in total. The van der Waals surface area contributed by atoms with E-state index in [4.69, 9.17) is 14.2 Å². The first kappa shape index (κ1) is 39.6. The summed E-state index contributed by atoms with van der Waals surface area (Å²) >= 11 is 0. The zero-order valence-electron chi connectivity index (χ0n) is 28.1. The molecule has 0 aromatic heterocycles. The van der Waals surface area contributed by atoms with Crippen LogP contribution in [-0.4, -0.2) is 26.3 Å². The Hall–Kier alpha value is -0.380. The van der Waals surface area contributed by atoms with Crippen molar-refractivity contribution in [2.45, 2.75) is 200 Å². The molecule has 0 rings (SSSR count). The number of methoxy groups -OCH3 is 1. The first-order valence-electron chi connectivity index (χ1n) is 18.2. The number of unbranched alkanes of at least 4 members (excludes halogenated alkanes) is 23. The molecule has 0 fully saturated rings. The average Bonchev–Trinajstić information content (AvgIpc) is 2.97. The summed E-state index contributed by atoms with van der Waals surface area (Å²) in [5.41, 5.74) is 0. The molecule has 0 N–H and O–H groups in total. The fourth-order valence-corrected chi connectivity index (χ4v) is 5.72. The van der Waals surface area contributed by atoms with Gasteiger partial charge in [0, 0.05) is 7.11 Å². The second kappa shape index (κ2) is 31.6. The fraction of sp³-hybridized carbons (Fsp3) is 0.946. The topological polar surface area (TPSA) is 27.7 Å². The minimum absolute atomic E-state index is 0.0647. The lowest BCUT2D eigenvalue weighted by molar-refractivity contribution is -0.391. The molecule has 1 unspecified atom stereocenters. The summed E-state index contributed by atoms with van der Waals surface area (Å²) in [6, 6.07) is 0. The Labute approximate surface area is 253 Å². The Morgan fingerprint density at radius 1 is 0.475 bits per heavy atom. The molecule has 0 aliphatic heterocycles. The monoisotopic (exact) mass is 567 g/mol. The van der Waals surface area contributed by atoms with Crippen LogP contribution in [0.1, 0.15) is 194 Å². The smallest absolute Gasteiger partial charge is 0.289 e. The van der Waals surface area contributed by atoms with Crippen LogP contribution in [0.15, 0.2) is 12.7 Å². The average molecular weight is 567 g/mol. The van der Waals surface area contributed by atoms with Crippen LogP contribution in [0.5, 0.6) is 0 Å². The van der Waals surface area contributed by atoms with Crippen molar-refractivity contribution < 1.29 is 14.2 Å². The van der Waals surface area contributed by atoms with Crippen molar-refractivity contribution in [3.63, 3.8) is 0 Å². The molecule has 0 amide bonds. The summed E-state index contributed by atoms with van der Waals surface area (Å²) in [5, 5.41) is 0. The van der Waals surface area contributed by atoms with E-state index in [0.717, 1.165) is 19.3 Å². The van der Waals surface area contributed by atoms with E-state index in [1.54, 1.807) is 7.11 Å². The lowest BCUT2D eigenvalue weighted by Gasteiger charge is -2.37. The predicted molar refractivity (Wildman–Crippen MR) is 177 cm³/mol. The van der Waals surface area contributed by atoms with E-state index in [1.165, 1.54) is 154 Å². The number of hydrogen-bond acceptors (Lipinski definition) is 3. The second-order valence-electron chi connectivity index (χ2n) is 12.3. The van der Waals surface area contributed by atoms with Crippen LogP contribution in [0.4, 0.5) is 0 Å². The maximum Gasteiger partial charge on any atom is 0.289 e. The summed E-state index contributed by atoms with van der Waals surface area (Å²) in [6.45, 7) is 12.4. The van der Waals surface area contributed by atoms with E-state index in [2.05, 4.69) is 27.4 Å². The van der Waals surface area contributed by atoms with Gasteiger partial charge in [-0.05, 0) is 19.3 Å². The van der Waals surface area contributed by atoms with E-state index in [9.17, 15) is 0 Å². The van der Waals surface area contributed by atoms with Crippen LogP contribution in [0.2, 0.25) is 0 Å². The first-order valence-corrected chi connectivity index (χ1v) is 18.2. The van der Waals surface area contributed by atoms with Gasteiger partial charge in [0.05, 0.1) is 19.1 Å². The van der Waals surface area contributed by atoms with Gasteiger partial charge in [-0.2, -0.15) is 0 Å². The van der Waals surface area contributed by atoms with E-state index in [1.807, 2.05) is 6.08 Å². The van der Waals surface area contributed by atoms with Crippen molar-refractivity contribution in [1.82, 2.24) is 0 Å². The molecule has 0 heterocycles. The molecule has 40 heavy (non-hydrogen) atoms. The van der Waals surface area contributed by atoms with Crippen molar-refractivity contribution >= 4 is 0 Å². The summed E-state index contributed by atoms with van der Waals surface area (Å²) < 4.78 is 19.0. The number of hydrogen-bond donors (Lipinski definition) is 0. The minimum atomic E-state index is -0.982. The Kier molecular flexibility index (Phi) is 31.3. The molecule has 0 saturated carbocycles. The van der Waals surface area contributed by atoms with Gasteiger partial charge in [0.15, 0.2) is 0 Å². The van der Waals surface area contributed by atoms with Gasteiger partial charge in [-0.25, -0.2) is 0 Å². The highest BCUT2D eigenvalue weighted by Gasteiger charge is 2.40. The van der Waals surface area contributed by atoms with E-state index >= 15 is 0 Å². The molecule has 0 aliphatic carbocycles. The molecular weight excluding hydrogens is 492 g/mol. The minimum Gasteiger partial charge on any atom is -0.330 e. The van der Waals surface area contributed by atoms with Gasteiger partial charge in [0.1, 0.15) is 0 Å². The van der Waals surface area contributed by atoms with Gasteiger partial charge >= 0.3 is 0 Å². The van der Waals surface area contributed by atoms with Gasteiger partial charge in [-0.15, -0.1) is 6.58 Å². The molecule has 3 heteroatoms. The predicted octanol–water partition coefficient (Wildman–Crippen LogP) is 12.7. The highest BCUT2D eigenvalue weighted by molar-refractivity contribution is 4.87. The fourth-order valence-electron chi connectivity index (χ4n) is 5.72. The van der Waals surface area contributed by atoms with Gasteiger partial charge in [0.2, 0.25) is 0 Å². The van der Waals surface area contributed by atoms with E-state index < -0.39 is 5.97 Å². The lowest BCUT2D eigenvalue weighted by atomic mass is 9.97. The Morgan fingerprint density at radius 2 is 0.775 bits per heavy atom. The van der Waals surface area contributed by atoms with Crippen LogP contribution in [0.3, 0.4) is 0 Å². The van der Waals surface area contributed by atoms with Crippen molar-refractivity contribution in [3.8, 4) is 0 Å². The molecule has 0 aliphatic rings. The molecule has 0 saturated heterocycles. The quantitative estimate of drug-likeness (QED) is 0.0440. The maximum absolute atomic E-state index is 6.48. The summed E-state index contributed by atoms with van der Waals surface area (Å²) in [7, 11) is 1.76. The molecule has 0 spiro atoms. The van der Waals surface area contributed by atoms with Crippen molar-refractivity contribution in [2.75, 3.05) is 20.3 Å². The molecule has 0 aromatic carbocycles. The van der Waals surface area contributed by atoms with Crippen molar-refractivity contribution in [3.05, 3.63) is 12.7 Å². The highest BCUT2D eigenvalue weighted by atomic mass is 16.9. The molecule has 0 bridgehead atoms. The molecule has 1 atom stereocenters. The summed E-state index contributed by atoms with van der Waals surface area (Å²) in [4.78, 5) is 0. The van der Waals surface area contributed by atoms with Gasteiger partial charge in [-0.3, -0.25) is 0 Å². The molecular formula is C37H74O3. The third-order valence-corrected chi connectivity index (χ3v) is 8.49. The third kappa shape index (κ3) is 23.2. The summed E-state index contributed by atoms with van der Waals surface area (Å²) in [6.07, 6.45) is 37.3. The van der Waals surface area contributed by atoms with Crippen LogP contribution < -0.4 is 0 Å². The normalized spacial score (nSPS) is 12.7. The van der Waals surface area contributed by atoms with Crippen molar-refractivity contribution in [1.29, 1.82) is 0 Å². The van der Waals surface area contributed by atoms with Crippen molar-refractivity contribution in [2.24, 2.45) is 5.92 Å². The third-order valence-electron chi connectivity index (χ3n) is 8.49. The van der Waals surface area contributed by atoms with Crippen LogP contribution in [0, 0.1) is 5.92 Å². The Morgan fingerprint density at radius 3 is 1.07 bits per heavy atom. The van der Waals surface area contributed by atoms with Crippen LogP contribution >= 0.6 is 0 Å². The molecule has 240 valence electrons. The lowest BCUT2D eigenvalue weighted by Crippen LogP contribution is -2.45. The van der Waals surface area contributed by atoms with Gasteiger partial charge < -0.3 is 14.2 Å². The SMILES string of the molecule is C=CC(CCCCCCCC)C(OC)(OCCCCCCCCCCCC)OCCCCCCCCCCCC. The number of rotatable bonds is 34. The molecule has 0 aromatic rings. The highest BCUT2D eigenvalue weighted by Crippen LogP contribution is 2.32.